The Hall–Kier alpha value is -3.84. The van der Waals surface area contributed by atoms with Crippen LogP contribution in [0, 0.1) is 17.6 Å². The Balaban J connectivity index is 1.57. The fourth-order valence-corrected chi connectivity index (χ4v) is 4.92. The predicted octanol–water partition coefficient (Wildman–Crippen LogP) is 3.81. The van der Waals surface area contributed by atoms with Crippen molar-refractivity contribution in [1.82, 2.24) is 15.3 Å². The summed E-state index contributed by atoms with van der Waals surface area (Å²) in [7, 11) is 0. The zero-order chi connectivity index (χ0) is 26.3. The summed E-state index contributed by atoms with van der Waals surface area (Å²) in [6.45, 7) is 2.34. The second kappa shape index (κ2) is 9.90. The van der Waals surface area contributed by atoms with Crippen molar-refractivity contribution in [1.29, 1.82) is 0 Å². The zero-order valence-corrected chi connectivity index (χ0v) is 20.6. The smallest absolute Gasteiger partial charge is 0.357 e. The monoisotopic (exact) mass is 549 g/mol. The minimum Gasteiger partial charge on any atom is -0.476 e. The molecule has 0 spiro atoms. The first kappa shape index (κ1) is 24.8. The molecule has 0 aliphatic carbocycles. The number of thiazole rings is 1. The van der Waals surface area contributed by atoms with Gasteiger partial charge in [-0.05, 0) is 13.0 Å². The summed E-state index contributed by atoms with van der Waals surface area (Å²) in [6, 6.07) is 1.22. The summed E-state index contributed by atoms with van der Waals surface area (Å²) < 4.78 is 38.9. The number of hydrogen-bond acceptors (Lipinski definition) is 10. The van der Waals surface area contributed by atoms with Crippen LogP contribution in [0.1, 0.15) is 34.0 Å². The molecule has 2 aromatic heterocycles. The van der Waals surface area contributed by atoms with Crippen LogP contribution in [-0.4, -0.2) is 52.5 Å². The lowest BCUT2D eigenvalue weighted by Crippen LogP contribution is -2.52. The lowest BCUT2D eigenvalue weighted by atomic mass is 9.87. The van der Waals surface area contributed by atoms with Crippen LogP contribution in [0.15, 0.2) is 50.7 Å². The number of hydrogen-bond donors (Lipinski definition) is 2. The number of aromatic nitrogens is 2. The fraction of sp³-hybridized carbons (Fsp3) is 0.261. The van der Waals surface area contributed by atoms with E-state index in [9.17, 15) is 18.4 Å². The molecule has 2 aliphatic rings. The molecule has 2 aliphatic heterocycles. The van der Waals surface area contributed by atoms with Gasteiger partial charge in [-0.2, -0.15) is 4.98 Å². The molecule has 37 heavy (non-hydrogen) atoms. The van der Waals surface area contributed by atoms with Crippen LogP contribution in [0.3, 0.4) is 0 Å². The van der Waals surface area contributed by atoms with Gasteiger partial charge in [-0.25, -0.2) is 23.4 Å². The molecule has 2 N–H and O–H groups in total. The molecule has 0 amide bonds. The van der Waals surface area contributed by atoms with Gasteiger partial charge in [-0.3, -0.25) is 4.99 Å². The summed E-state index contributed by atoms with van der Waals surface area (Å²) in [4.78, 5) is 38.9. The summed E-state index contributed by atoms with van der Waals surface area (Å²) >= 11 is 7.49. The molecule has 1 atom stereocenters. The number of amidine groups is 1. The number of oxazole rings is 1. The number of rotatable bonds is 7. The molecule has 1 unspecified atom stereocenters. The number of carboxylic acids is 1. The van der Waals surface area contributed by atoms with Gasteiger partial charge < -0.3 is 24.5 Å². The van der Waals surface area contributed by atoms with Gasteiger partial charge in [0.15, 0.2) is 28.2 Å². The van der Waals surface area contributed by atoms with E-state index in [1.54, 1.807) is 23.4 Å². The molecule has 1 aromatic carbocycles. The van der Waals surface area contributed by atoms with E-state index >= 15 is 0 Å². The van der Waals surface area contributed by atoms with Crippen LogP contribution in [0.4, 0.5) is 14.8 Å². The maximum atomic E-state index is 14.4. The van der Waals surface area contributed by atoms with E-state index in [0.717, 1.165) is 12.3 Å². The molecule has 4 heterocycles. The highest BCUT2D eigenvalue weighted by Crippen LogP contribution is 2.41. The second-order valence-corrected chi connectivity index (χ2v) is 9.35. The molecular weight excluding hydrogens is 532 g/mol. The van der Waals surface area contributed by atoms with E-state index in [-0.39, 0.29) is 35.4 Å². The number of nitrogens with one attached hydrogen (secondary N) is 1. The Kier molecular flexibility index (Phi) is 6.65. The number of esters is 1. The number of carbonyl (C=O) groups is 2. The lowest BCUT2D eigenvalue weighted by molar-refractivity contribution is -0.139. The van der Waals surface area contributed by atoms with Gasteiger partial charge in [0.05, 0.1) is 17.2 Å². The number of aliphatic imine (C=N–C) groups is 1. The van der Waals surface area contributed by atoms with Crippen molar-refractivity contribution in [3.05, 3.63) is 74.2 Å². The SMILES string of the molecule is CCOC(=O)C1=C(C2CN(c3nc(C(=O)O)co3)C2)NC(c2nccs2)=NC1c1ccc(F)c(F)c1Cl. The van der Waals surface area contributed by atoms with Crippen molar-refractivity contribution in [2.24, 2.45) is 10.9 Å². The summed E-state index contributed by atoms with van der Waals surface area (Å²) in [6.07, 6.45) is 2.63. The maximum Gasteiger partial charge on any atom is 0.357 e. The largest absolute Gasteiger partial charge is 0.476 e. The van der Waals surface area contributed by atoms with Gasteiger partial charge in [0.25, 0.3) is 6.01 Å². The topological polar surface area (TPSA) is 130 Å². The summed E-state index contributed by atoms with van der Waals surface area (Å²) in [5.41, 5.74) is 0.405. The first-order valence-corrected chi connectivity index (χ1v) is 12.3. The van der Waals surface area contributed by atoms with Crippen molar-refractivity contribution >= 4 is 46.7 Å². The van der Waals surface area contributed by atoms with Crippen molar-refractivity contribution in [2.45, 2.75) is 13.0 Å². The summed E-state index contributed by atoms with van der Waals surface area (Å²) in [5.74, 6) is -4.26. The number of carbonyl (C=O) groups excluding carboxylic acids is 1. The number of halogens is 3. The first-order valence-electron chi connectivity index (χ1n) is 11.0. The third-order valence-electron chi connectivity index (χ3n) is 5.84. The third kappa shape index (κ3) is 4.55. The van der Waals surface area contributed by atoms with Crippen LogP contribution >= 0.6 is 22.9 Å². The number of anilines is 1. The zero-order valence-electron chi connectivity index (χ0n) is 19.1. The Morgan fingerprint density at radius 3 is 2.78 bits per heavy atom. The van der Waals surface area contributed by atoms with Crippen molar-refractivity contribution < 1.29 is 32.6 Å². The van der Waals surface area contributed by atoms with Crippen molar-refractivity contribution in [2.75, 3.05) is 24.6 Å². The Morgan fingerprint density at radius 1 is 1.35 bits per heavy atom. The predicted molar refractivity (Wildman–Crippen MR) is 129 cm³/mol. The van der Waals surface area contributed by atoms with Gasteiger partial charge in [0, 0.05) is 41.8 Å². The van der Waals surface area contributed by atoms with E-state index in [0.29, 0.717) is 29.6 Å². The van der Waals surface area contributed by atoms with E-state index in [1.165, 1.54) is 17.4 Å². The Morgan fingerprint density at radius 2 is 2.14 bits per heavy atom. The number of nitrogens with zero attached hydrogens (tertiary/aromatic N) is 4. The molecule has 5 rings (SSSR count). The van der Waals surface area contributed by atoms with Crippen molar-refractivity contribution in [3.63, 3.8) is 0 Å². The van der Waals surface area contributed by atoms with E-state index in [2.05, 4.69) is 20.3 Å². The lowest BCUT2D eigenvalue weighted by Gasteiger charge is -2.42. The highest BCUT2D eigenvalue weighted by molar-refractivity contribution is 7.11. The fourth-order valence-electron chi connectivity index (χ4n) is 4.07. The molecule has 1 fully saturated rings. The number of carboxylic acid groups (broad SMARTS) is 1. The minimum absolute atomic E-state index is 0.0714. The van der Waals surface area contributed by atoms with Crippen molar-refractivity contribution in [3.8, 4) is 0 Å². The number of benzene rings is 1. The van der Waals surface area contributed by atoms with E-state index in [1.807, 2.05) is 0 Å². The molecular formula is C23H18ClF2N5O5S. The average Bonchev–Trinajstić information content (AvgIpc) is 3.54. The summed E-state index contributed by atoms with van der Waals surface area (Å²) in [5, 5.41) is 14.0. The van der Waals surface area contributed by atoms with Gasteiger partial charge in [-0.1, -0.05) is 17.7 Å². The Bertz CT molecular complexity index is 1440. The second-order valence-electron chi connectivity index (χ2n) is 8.08. The third-order valence-corrected chi connectivity index (χ3v) is 7.00. The molecule has 1 saturated heterocycles. The van der Waals surface area contributed by atoms with E-state index in [4.69, 9.17) is 25.9 Å². The van der Waals surface area contributed by atoms with Gasteiger partial charge >= 0.3 is 11.9 Å². The highest BCUT2D eigenvalue weighted by atomic mass is 35.5. The van der Waals surface area contributed by atoms with Crippen LogP contribution in [0.2, 0.25) is 5.02 Å². The standard InChI is InChI=1S/C23H18ClF2N5O5S/c1-2-35-22(34)14-17(10-7-31(8-10)23-28-13(9-36-23)21(32)33)29-19(20-27-5-6-37-20)30-18(14)11-3-4-12(25)16(26)15(11)24/h3-6,9-10,18H,2,7-8H2,1H3,(H,29,30)(H,32,33). The van der Waals surface area contributed by atoms with Crippen LogP contribution in [0.25, 0.3) is 0 Å². The molecule has 192 valence electrons. The molecule has 10 nitrogen and oxygen atoms in total. The molecule has 14 heteroatoms. The normalized spacial score (nSPS) is 17.8. The minimum atomic E-state index is -1.25. The Labute approximate surface area is 217 Å². The van der Waals surface area contributed by atoms with Gasteiger partial charge in [0.1, 0.15) is 12.3 Å². The first-order chi connectivity index (χ1) is 17.8. The molecule has 0 bridgehead atoms. The van der Waals surface area contributed by atoms with E-state index < -0.39 is 34.6 Å². The maximum absolute atomic E-state index is 14.4. The highest BCUT2D eigenvalue weighted by Gasteiger charge is 2.42. The molecule has 3 aromatic rings. The number of ether oxygens (including phenoxy) is 1. The van der Waals surface area contributed by atoms with Gasteiger partial charge in [0.2, 0.25) is 0 Å². The van der Waals surface area contributed by atoms with Crippen LogP contribution < -0.4 is 10.2 Å². The van der Waals surface area contributed by atoms with Gasteiger partial charge in [-0.15, -0.1) is 11.3 Å². The number of aromatic carboxylic acids is 1. The molecule has 0 radical (unpaired) electrons. The molecule has 0 saturated carbocycles. The van der Waals surface area contributed by atoms with Crippen LogP contribution in [0.5, 0.6) is 0 Å². The quantitative estimate of drug-likeness (QED) is 0.334. The van der Waals surface area contributed by atoms with Crippen LogP contribution in [-0.2, 0) is 9.53 Å². The average molecular weight is 550 g/mol.